The summed E-state index contributed by atoms with van der Waals surface area (Å²) in [5.74, 6) is -2.88. The fraction of sp³-hybridized carbons (Fsp3) is 0.118. The van der Waals surface area contributed by atoms with Gasteiger partial charge in [0.2, 0.25) is 12.1 Å². The highest BCUT2D eigenvalue weighted by Gasteiger charge is 2.20. The third-order valence-electron chi connectivity index (χ3n) is 3.03. The van der Waals surface area contributed by atoms with Gasteiger partial charge < -0.3 is 20.3 Å². The smallest absolute Gasteiger partial charge is 0.361 e. The number of carboxylic acids is 1. The van der Waals surface area contributed by atoms with Gasteiger partial charge in [0.1, 0.15) is 5.75 Å². The molecule has 1 amide bonds. The second-order valence-corrected chi connectivity index (χ2v) is 4.89. The maximum absolute atomic E-state index is 11.8. The van der Waals surface area contributed by atoms with Gasteiger partial charge in [-0.3, -0.25) is 4.79 Å². The van der Waals surface area contributed by atoms with Crippen LogP contribution in [0.2, 0.25) is 0 Å². The Balaban J connectivity index is 1.91. The maximum atomic E-state index is 11.8. The van der Waals surface area contributed by atoms with Gasteiger partial charge >= 0.3 is 11.9 Å². The van der Waals surface area contributed by atoms with Crippen molar-refractivity contribution in [2.24, 2.45) is 0 Å². The van der Waals surface area contributed by atoms with Crippen molar-refractivity contribution >= 4 is 17.8 Å². The minimum atomic E-state index is -1.85. The number of aromatic carboxylic acids is 1. The topological polar surface area (TPSA) is 113 Å². The Labute approximate surface area is 137 Å². The first-order chi connectivity index (χ1) is 11.5. The van der Waals surface area contributed by atoms with Gasteiger partial charge in [0.25, 0.3) is 0 Å². The summed E-state index contributed by atoms with van der Waals surface area (Å²) in [6.45, 7) is 0. The second kappa shape index (κ2) is 7.89. The number of nitrogens with one attached hydrogen (secondary N) is 1. The first kappa shape index (κ1) is 17.2. The number of carboxylic acid groups (broad SMARTS) is 1. The second-order valence-electron chi connectivity index (χ2n) is 4.89. The molecule has 0 fully saturated rings. The van der Waals surface area contributed by atoms with Crippen LogP contribution in [0.25, 0.3) is 0 Å². The summed E-state index contributed by atoms with van der Waals surface area (Å²) in [4.78, 5) is 34.4. The van der Waals surface area contributed by atoms with Crippen molar-refractivity contribution in [3.8, 4) is 5.75 Å². The molecule has 0 aliphatic carbocycles. The molecule has 24 heavy (non-hydrogen) atoms. The number of ether oxygens (including phenoxy) is 1. The van der Waals surface area contributed by atoms with Crippen molar-refractivity contribution < 1.29 is 29.3 Å². The van der Waals surface area contributed by atoms with Gasteiger partial charge in [-0.1, -0.05) is 36.4 Å². The monoisotopic (exact) mass is 329 g/mol. The molecule has 0 heterocycles. The van der Waals surface area contributed by atoms with Crippen molar-refractivity contribution in [3.05, 3.63) is 65.7 Å². The van der Waals surface area contributed by atoms with E-state index >= 15 is 0 Å². The van der Waals surface area contributed by atoms with Gasteiger partial charge in [0, 0.05) is 0 Å². The molecule has 0 saturated carbocycles. The van der Waals surface area contributed by atoms with Crippen LogP contribution in [0.5, 0.6) is 5.75 Å². The molecule has 124 valence electrons. The SMILES string of the molecule is O=C(Cc1ccccc1)N[C@H](O)C(=O)Oc1cccc(C(=O)O)c1. The highest BCUT2D eigenvalue weighted by molar-refractivity contribution is 5.89. The molecule has 7 heteroatoms. The Morgan fingerprint density at radius 3 is 2.42 bits per heavy atom. The summed E-state index contributed by atoms with van der Waals surface area (Å²) in [6.07, 6.45) is -1.85. The van der Waals surface area contributed by atoms with Crippen LogP contribution in [-0.2, 0) is 16.0 Å². The normalized spacial score (nSPS) is 11.4. The average Bonchev–Trinajstić information content (AvgIpc) is 2.55. The van der Waals surface area contributed by atoms with Crippen LogP contribution < -0.4 is 10.1 Å². The van der Waals surface area contributed by atoms with Gasteiger partial charge in [-0.05, 0) is 23.8 Å². The number of esters is 1. The molecule has 0 aliphatic heterocycles. The van der Waals surface area contributed by atoms with Gasteiger partial charge in [-0.25, -0.2) is 9.59 Å². The number of aliphatic hydroxyl groups is 1. The summed E-state index contributed by atoms with van der Waals surface area (Å²) in [6, 6.07) is 14.0. The zero-order valence-corrected chi connectivity index (χ0v) is 12.5. The summed E-state index contributed by atoms with van der Waals surface area (Å²) < 4.78 is 4.85. The van der Waals surface area contributed by atoms with Crippen LogP contribution >= 0.6 is 0 Å². The van der Waals surface area contributed by atoms with E-state index in [1.165, 1.54) is 18.2 Å². The Hall–Kier alpha value is -3.19. The fourth-order valence-corrected chi connectivity index (χ4v) is 1.91. The Morgan fingerprint density at radius 2 is 1.75 bits per heavy atom. The van der Waals surface area contributed by atoms with E-state index in [0.29, 0.717) is 0 Å². The standard InChI is InChI=1S/C17H15NO6/c19-14(9-11-5-2-1-3-6-11)18-15(20)17(23)24-13-8-4-7-12(10-13)16(21)22/h1-8,10,15,20H,9H2,(H,18,19)(H,21,22)/t15-/m1/s1. The first-order valence-corrected chi connectivity index (χ1v) is 7.02. The molecule has 0 aromatic heterocycles. The lowest BCUT2D eigenvalue weighted by molar-refractivity contribution is -0.148. The van der Waals surface area contributed by atoms with E-state index in [1.807, 2.05) is 0 Å². The molecule has 7 nitrogen and oxygen atoms in total. The highest BCUT2D eigenvalue weighted by atomic mass is 16.6. The zero-order chi connectivity index (χ0) is 17.5. The molecule has 0 radical (unpaired) electrons. The summed E-state index contributed by atoms with van der Waals surface area (Å²) >= 11 is 0. The number of hydrogen-bond acceptors (Lipinski definition) is 5. The molecular weight excluding hydrogens is 314 g/mol. The molecule has 1 atom stereocenters. The molecule has 0 aliphatic rings. The van der Waals surface area contributed by atoms with Gasteiger partial charge in [0.05, 0.1) is 12.0 Å². The van der Waals surface area contributed by atoms with Crippen LogP contribution in [0, 0.1) is 0 Å². The third kappa shape index (κ3) is 4.92. The van der Waals surface area contributed by atoms with E-state index in [2.05, 4.69) is 5.32 Å². The number of rotatable bonds is 6. The maximum Gasteiger partial charge on any atom is 0.361 e. The predicted molar refractivity (Wildman–Crippen MR) is 83.3 cm³/mol. The number of carbonyl (C=O) groups is 3. The number of benzene rings is 2. The number of carbonyl (C=O) groups excluding carboxylic acids is 2. The molecular formula is C17H15NO6. The van der Waals surface area contributed by atoms with Crippen molar-refractivity contribution in [1.29, 1.82) is 0 Å². The van der Waals surface area contributed by atoms with Crippen molar-refractivity contribution in [3.63, 3.8) is 0 Å². The lowest BCUT2D eigenvalue weighted by Gasteiger charge is -2.12. The fourth-order valence-electron chi connectivity index (χ4n) is 1.91. The molecule has 3 N–H and O–H groups in total. The summed E-state index contributed by atoms with van der Waals surface area (Å²) in [5.41, 5.74) is 0.660. The van der Waals surface area contributed by atoms with E-state index in [-0.39, 0.29) is 17.7 Å². The Morgan fingerprint density at radius 1 is 1.04 bits per heavy atom. The van der Waals surface area contributed by atoms with Gasteiger partial charge in [0.15, 0.2) is 0 Å². The van der Waals surface area contributed by atoms with Gasteiger partial charge in [-0.15, -0.1) is 0 Å². The minimum absolute atomic E-state index is 0.000318. The summed E-state index contributed by atoms with van der Waals surface area (Å²) in [7, 11) is 0. The summed E-state index contributed by atoms with van der Waals surface area (Å²) in [5, 5.41) is 20.7. The van der Waals surface area contributed by atoms with Crippen LogP contribution in [0.15, 0.2) is 54.6 Å². The van der Waals surface area contributed by atoms with E-state index < -0.39 is 24.1 Å². The number of aliphatic hydroxyl groups excluding tert-OH is 1. The number of amides is 1. The Kier molecular flexibility index (Phi) is 5.64. The predicted octanol–water partition coefficient (Wildman–Crippen LogP) is 0.968. The number of hydrogen-bond donors (Lipinski definition) is 3. The Bertz CT molecular complexity index is 744. The van der Waals surface area contributed by atoms with E-state index in [1.54, 1.807) is 30.3 Å². The van der Waals surface area contributed by atoms with E-state index in [0.717, 1.165) is 11.6 Å². The molecule has 2 aromatic carbocycles. The lowest BCUT2D eigenvalue weighted by atomic mass is 10.1. The van der Waals surface area contributed by atoms with Crippen LogP contribution in [-0.4, -0.2) is 34.3 Å². The molecule has 0 spiro atoms. The largest absolute Gasteiger partial charge is 0.478 e. The minimum Gasteiger partial charge on any atom is -0.478 e. The van der Waals surface area contributed by atoms with Crippen molar-refractivity contribution in [2.75, 3.05) is 0 Å². The first-order valence-electron chi connectivity index (χ1n) is 7.02. The molecule has 0 saturated heterocycles. The lowest BCUT2D eigenvalue weighted by Crippen LogP contribution is -2.43. The van der Waals surface area contributed by atoms with E-state index in [4.69, 9.17) is 9.84 Å². The highest BCUT2D eigenvalue weighted by Crippen LogP contribution is 2.14. The molecule has 0 bridgehead atoms. The van der Waals surface area contributed by atoms with Crippen LogP contribution in [0.4, 0.5) is 0 Å². The average molecular weight is 329 g/mol. The van der Waals surface area contributed by atoms with Gasteiger partial charge in [-0.2, -0.15) is 0 Å². The zero-order valence-electron chi connectivity index (χ0n) is 12.5. The van der Waals surface area contributed by atoms with Crippen molar-refractivity contribution in [1.82, 2.24) is 5.32 Å². The van der Waals surface area contributed by atoms with Crippen LogP contribution in [0.1, 0.15) is 15.9 Å². The third-order valence-corrected chi connectivity index (χ3v) is 3.03. The quantitative estimate of drug-likeness (QED) is 0.413. The van der Waals surface area contributed by atoms with Crippen molar-refractivity contribution in [2.45, 2.75) is 12.6 Å². The molecule has 2 aromatic rings. The molecule has 2 rings (SSSR count). The van der Waals surface area contributed by atoms with E-state index in [9.17, 15) is 19.5 Å². The molecule has 0 unspecified atom stereocenters. The van der Waals surface area contributed by atoms with Crippen LogP contribution in [0.3, 0.4) is 0 Å².